The summed E-state index contributed by atoms with van der Waals surface area (Å²) in [5, 5.41) is 11.1. The Kier molecular flexibility index (Phi) is 5.77. The van der Waals surface area contributed by atoms with Gasteiger partial charge in [-0.25, -0.2) is 0 Å². The molecule has 1 aliphatic rings. The zero-order valence-electron chi connectivity index (χ0n) is 13.1. The molecule has 0 aliphatic carbocycles. The third-order valence-corrected chi connectivity index (χ3v) is 3.73. The fraction of sp³-hybridized carbons (Fsp3) is 0.412. The zero-order chi connectivity index (χ0) is 15.7. The Morgan fingerprint density at radius 1 is 1.22 bits per heavy atom. The minimum absolute atomic E-state index is 0.155. The molecule has 3 rings (SSSR count). The highest BCUT2D eigenvalue weighted by Gasteiger charge is 2.20. The van der Waals surface area contributed by atoms with Crippen LogP contribution in [-0.4, -0.2) is 60.6 Å². The molecule has 1 atom stereocenters. The van der Waals surface area contributed by atoms with Gasteiger partial charge < -0.3 is 14.8 Å². The van der Waals surface area contributed by atoms with Crippen molar-refractivity contribution < 1.29 is 9.47 Å². The Balaban J connectivity index is 1.38. The lowest BCUT2D eigenvalue weighted by atomic mass is 10.2. The Morgan fingerprint density at radius 3 is 2.96 bits per heavy atom. The van der Waals surface area contributed by atoms with Crippen LogP contribution < -0.4 is 10.1 Å². The number of rotatable bonds is 7. The van der Waals surface area contributed by atoms with Crippen LogP contribution in [0, 0.1) is 0 Å². The number of hydrogen-bond donors (Lipinski definition) is 1. The molecule has 0 radical (unpaired) electrons. The van der Waals surface area contributed by atoms with Gasteiger partial charge in [0.25, 0.3) is 0 Å². The molecule has 6 heteroatoms. The van der Waals surface area contributed by atoms with Crippen LogP contribution in [0.5, 0.6) is 5.75 Å². The normalized spacial score (nSPS) is 18.5. The number of ether oxygens (including phenoxy) is 2. The molecule has 1 aliphatic heterocycles. The van der Waals surface area contributed by atoms with E-state index in [1.807, 2.05) is 42.5 Å². The molecule has 2 heterocycles. The summed E-state index contributed by atoms with van der Waals surface area (Å²) in [6.07, 6.45) is 1.82. The summed E-state index contributed by atoms with van der Waals surface area (Å²) in [6.45, 7) is 4.91. The molecule has 0 amide bonds. The van der Waals surface area contributed by atoms with E-state index in [1.165, 1.54) is 0 Å². The lowest BCUT2D eigenvalue weighted by Gasteiger charge is -2.32. The second-order valence-corrected chi connectivity index (χ2v) is 5.44. The molecule has 0 bridgehead atoms. The highest BCUT2D eigenvalue weighted by Crippen LogP contribution is 2.10. The molecule has 1 fully saturated rings. The van der Waals surface area contributed by atoms with E-state index >= 15 is 0 Å². The summed E-state index contributed by atoms with van der Waals surface area (Å²) < 4.78 is 11.6. The highest BCUT2D eigenvalue weighted by molar-refractivity contribution is 5.31. The maximum atomic E-state index is 5.80. The predicted octanol–water partition coefficient (Wildman–Crippen LogP) is 1.67. The second kappa shape index (κ2) is 8.45. The largest absolute Gasteiger partial charge is 0.492 e. The number of anilines is 1. The summed E-state index contributed by atoms with van der Waals surface area (Å²) >= 11 is 0. The molecular formula is C17H22N4O2. The second-order valence-electron chi connectivity index (χ2n) is 5.44. The van der Waals surface area contributed by atoms with E-state index < -0.39 is 0 Å². The number of nitrogens with zero attached hydrogens (tertiary/aromatic N) is 3. The SMILES string of the molecule is c1ccc(OCCN2CCO[C@H](CNc3cccnn3)C2)cc1. The summed E-state index contributed by atoms with van der Waals surface area (Å²) in [4.78, 5) is 2.37. The minimum atomic E-state index is 0.155. The molecule has 0 saturated carbocycles. The lowest BCUT2D eigenvalue weighted by Crippen LogP contribution is -2.46. The summed E-state index contributed by atoms with van der Waals surface area (Å²) in [7, 11) is 0. The topological polar surface area (TPSA) is 59.5 Å². The van der Waals surface area contributed by atoms with E-state index in [-0.39, 0.29) is 6.10 Å². The van der Waals surface area contributed by atoms with E-state index in [9.17, 15) is 0 Å². The van der Waals surface area contributed by atoms with Crippen molar-refractivity contribution in [3.63, 3.8) is 0 Å². The number of aromatic nitrogens is 2. The van der Waals surface area contributed by atoms with Gasteiger partial charge in [-0.1, -0.05) is 18.2 Å². The Bertz CT molecular complexity index is 567. The van der Waals surface area contributed by atoms with Gasteiger partial charge in [-0.2, -0.15) is 5.10 Å². The van der Waals surface area contributed by atoms with Gasteiger partial charge in [-0.15, -0.1) is 5.10 Å². The first-order valence-electron chi connectivity index (χ1n) is 7.93. The maximum Gasteiger partial charge on any atom is 0.148 e. The van der Waals surface area contributed by atoms with E-state index in [4.69, 9.17) is 9.47 Å². The number of hydrogen-bond acceptors (Lipinski definition) is 6. The van der Waals surface area contributed by atoms with Crippen LogP contribution in [0.4, 0.5) is 5.82 Å². The van der Waals surface area contributed by atoms with Gasteiger partial charge in [0.15, 0.2) is 0 Å². The molecule has 1 aromatic heterocycles. The van der Waals surface area contributed by atoms with Crippen LogP contribution in [0.15, 0.2) is 48.7 Å². The highest BCUT2D eigenvalue weighted by atomic mass is 16.5. The monoisotopic (exact) mass is 314 g/mol. The van der Waals surface area contributed by atoms with Crippen molar-refractivity contribution in [2.75, 3.05) is 44.7 Å². The zero-order valence-corrected chi connectivity index (χ0v) is 13.1. The number of para-hydroxylation sites is 1. The molecule has 2 aromatic rings. The molecular weight excluding hydrogens is 292 g/mol. The van der Waals surface area contributed by atoms with Gasteiger partial charge in [0, 0.05) is 32.4 Å². The molecule has 1 aromatic carbocycles. The van der Waals surface area contributed by atoms with E-state index in [0.717, 1.165) is 44.4 Å². The van der Waals surface area contributed by atoms with Crippen molar-refractivity contribution in [3.05, 3.63) is 48.7 Å². The average Bonchev–Trinajstić information content (AvgIpc) is 2.62. The van der Waals surface area contributed by atoms with Crippen molar-refractivity contribution in [2.45, 2.75) is 6.10 Å². The van der Waals surface area contributed by atoms with Crippen LogP contribution in [0.2, 0.25) is 0 Å². The van der Waals surface area contributed by atoms with Crippen LogP contribution in [0.1, 0.15) is 0 Å². The quantitative estimate of drug-likeness (QED) is 0.839. The molecule has 122 valence electrons. The van der Waals surface area contributed by atoms with Crippen molar-refractivity contribution in [2.24, 2.45) is 0 Å². The summed E-state index contributed by atoms with van der Waals surface area (Å²) in [5.74, 6) is 1.70. The standard InChI is InChI=1S/C17H22N4O2/c1-2-5-15(6-3-1)22-11-9-21-10-12-23-16(14-21)13-18-17-7-4-8-19-20-17/h1-8,16H,9-14H2,(H,18,20)/t16-/m1/s1. The number of benzene rings is 1. The number of morpholine rings is 1. The summed E-state index contributed by atoms with van der Waals surface area (Å²) in [6, 6.07) is 13.7. The third-order valence-electron chi connectivity index (χ3n) is 3.73. The molecule has 0 spiro atoms. The van der Waals surface area contributed by atoms with E-state index in [1.54, 1.807) is 6.20 Å². The Hall–Kier alpha value is -2.18. The first kappa shape index (κ1) is 15.7. The molecule has 23 heavy (non-hydrogen) atoms. The van der Waals surface area contributed by atoms with Gasteiger partial charge in [-0.05, 0) is 24.3 Å². The third kappa shape index (κ3) is 5.19. The van der Waals surface area contributed by atoms with Crippen molar-refractivity contribution in [1.29, 1.82) is 0 Å². The molecule has 0 unspecified atom stereocenters. The van der Waals surface area contributed by atoms with Crippen LogP contribution in [0.25, 0.3) is 0 Å². The van der Waals surface area contributed by atoms with Gasteiger partial charge >= 0.3 is 0 Å². The summed E-state index contributed by atoms with van der Waals surface area (Å²) in [5.41, 5.74) is 0. The molecule has 6 nitrogen and oxygen atoms in total. The lowest BCUT2D eigenvalue weighted by molar-refractivity contribution is -0.0242. The van der Waals surface area contributed by atoms with Crippen molar-refractivity contribution >= 4 is 5.82 Å². The predicted molar refractivity (Wildman–Crippen MR) is 88.6 cm³/mol. The van der Waals surface area contributed by atoms with Gasteiger partial charge in [0.1, 0.15) is 18.2 Å². The van der Waals surface area contributed by atoms with E-state index in [2.05, 4.69) is 20.4 Å². The smallest absolute Gasteiger partial charge is 0.148 e. The fourth-order valence-corrected chi connectivity index (χ4v) is 2.53. The first-order valence-corrected chi connectivity index (χ1v) is 7.93. The van der Waals surface area contributed by atoms with Crippen LogP contribution in [-0.2, 0) is 4.74 Å². The van der Waals surface area contributed by atoms with Gasteiger partial charge in [-0.3, -0.25) is 4.90 Å². The fourth-order valence-electron chi connectivity index (χ4n) is 2.53. The Morgan fingerprint density at radius 2 is 2.13 bits per heavy atom. The van der Waals surface area contributed by atoms with Crippen molar-refractivity contribution in [1.82, 2.24) is 15.1 Å². The van der Waals surface area contributed by atoms with Gasteiger partial charge in [0.2, 0.25) is 0 Å². The first-order chi connectivity index (χ1) is 11.4. The molecule has 1 N–H and O–H groups in total. The number of nitrogens with one attached hydrogen (secondary N) is 1. The minimum Gasteiger partial charge on any atom is -0.492 e. The van der Waals surface area contributed by atoms with Gasteiger partial charge in [0.05, 0.1) is 12.7 Å². The van der Waals surface area contributed by atoms with Crippen molar-refractivity contribution in [3.8, 4) is 5.75 Å². The molecule has 1 saturated heterocycles. The maximum absolute atomic E-state index is 5.80. The van der Waals surface area contributed by atoms with Crippen LogP contribution in [0.3, 0.4) is 0 Å². The Labute approximate surface area is 136 Å². The van der Waals surface area contributed by atoms with Crippen LogP contribution >= 0.6 is 0 Å². The van der Waals surface area contributed by atoms with E-state index in [0.29, 0.717) is 6.61 Å². The average molecular weight is 314 g/mol.